The summed E-state index contributed by atoms with van der Waals surface area (Å²) in [4.78, 5) is 39.3. The highest BCUT2D eigenvalue weighted by atomic mass is 31.0. The van der Waals surface area contributed by atoms with Gasteiger partial charge >= 0.3 is 11.9 Å². The van der Waals surface area contributed by atoms with E-state index in [-0.39, 0.29) is 48.8 Å². The second kappa shape index (κ2) is 20.8. The molecular weight excluding hydrogens is 1080 g/mol. The number of aromatic hydroxyl groups is 1. The number of phenols is 1. The largest absolute Gasteiger partial charge is 0.873 e. The molecule has 18 nitrogen and oxygen atoms in total. The van der Waals surface area contributed by atoms with E-state index in [1.807, 2.05) is 45.2 Å². The van der Waals surface area contributed by atoms with Crippen LogP contribution in [0.4, 0.5) is 0 Å². The highest BCUT2D eigenvalue weighted by molar-refractivity contribution is 7.10. The summed E-state index contributed by atoms with van der Waals surface area (Å²) in [5, 5.41) is 58.5. The molecule has 0 amide bonds. The number of ketones is 1. The van der Waals surface area contributed by atoms with E-state index in [1.54, 1.807) is 18.2 Å². The van der Waals surface area contributed by atoms with Crippen molar-refractivity contribution < 1.29 is 72.6 Å². The average Bonchev–Trinajstić information content (AvgIpc) is 1.91. The van der Waals surface area contributed by atoms with Gasteiger partial charge in [-0.15, -0.1) is 0 Å². The number of likely N-dealkylation sites (N-methyl/N-ethyl adjacent to an activating group) is 3. The maximum absolute atomic E-state index is 12.6. The molecule has 438 valence electrons. The van der Waals surface area contributed by atoms with Gasteiger partial charge in [0, 0.05) is 61.5 Å². The molecule has 3 saturated heterocycles. The maximum atomic E-state index is 12.6. The van der Waals surface area contributed by atoms with Gasteiger partial charge in [0.1, 0.15) is 23.4 Å². The van der Waals surface area contributed by atoms with Gasteiger partial charge in [0.2, 0.25) is 0 Å². The predicted octanol–water partition coefficient (Wildman–Crippen LogP) is 5.68. The van der Waals surface area contributed by atoms with Gasteiger partial charge in [0.25, 0.3) is 0 Å². The molecule has 14 atom stereocenters. The Morgan fingerprint density at radius 1 is 0.568 bits per heavy atom. The molecule has 0 radical (unpaired) electrons. The molecular formula is C61H78N3O15P2-. The zero-order chi connectivity index (χ0) is 57.4. The monoisotopic (exact) mass is 1150 g/mol. The number of benzene rings is 3. The lowest BCUT2D eigenvalue weighted by Gasteiger charge is -2.62. The number of esters is 2. The number of carbonyl (C=O) groups excluding carboxylic acids is 3. The summed E-state index contributed by atoms with van der Waals surface area (Å²) >= 11 is 0. The van der Waals surface area contributed by atoms with Crippen molar-refractivity contribution in [3.8, 4) is 34.5 Å². The fraction of sp³-hybridized carbons (Fsp3) is 0.557. The van der Waals surface area contributed by atoms with E-state index in [2.05, 4.69) is 59.9 Å². The molecule has 6 heterocycles. The van der Waals surface area contributed by atoms with E-state index in [1.165, 1.54) is 38.8 Å². The number of nitrogens with zero attached hydrogens (tertiary/aromatic N) is 3. The maximum Gasteiger partial charge on any atom is 0.307 e. The number of piperidine rings is 3. The molecule has 3 aromatic rings. The second-order valence-electron chi connectivity index (χ2n) is 23.6. The lowest BCUT2D eigenvalue weighted by atomic mass is 9.50. The number of rotatable bonds is 4. The van der Waals surface area contributed by atoms with Crippen LogP contribution in [0.1, 0.15) is 121 Å². The number of phenolic OH excluding ortho intramolecular Hbond substituents is 1. The van der Waals surface area contributed by atoms with Crippen molar-refractivity contribution in [3.05, 3.63) is 105 Å². The Labute approximate surface area is 478 Å². The molecule has 3 aromatic carbocycles. The number of ether oxygens (including phenoxy) is 5. The van der Waals surface area contributed by atoms with Crippen molar-refractivity contribution in [2.24, 2.45) is 0 Å². The van der Waals surface area contributed by atoms with Crippen LogP contribution in [0.15, 0.2) is 71.9 Å². The van der Waals surface area contributed by atoms with Crippen LogP contribution >= 0.6 is 18.9 Å². The zero-order valence-corrected chi connectivity index (χ0v) is 49.2. The fourth-order valence-electron chi connectivity index (χ4n) is 16.7. The molecule has 6 bridgehead atoms. The van der Waals surface area contributed by atoms with Crippen LogP contribution in [0.3, 0.4) is 0 Å². The summed E-state index contributed by atoms with van der Waals surface area (Å²) in [6.07, 6.45) is 9.12. The molecule has 15 rings (SSSR count). The number of hydrogen-bond donors (Lipinski definition) is 4. The number of hydrogen-bond acceptors (Lipinski definition) is 18. The Hall–Kier alpha value is -5.29. The highest BCUT2D eigenvalue weighted by Crippen LogP contribution is 2.68. The van der Waals surface area contributed by atoms with Crippen LogP contribution in [0.5, 0.6) is 34.5 Å². The molecule has 81 heavy (non-hydrogen) atoms. The molecule has 3 spiro atoms. The van der Waals surface area contributed by atoms with E-state index in [0.29, 0.717) is 72.4 Å². The summed E-state index contributed by atoms with van der Waals surface area (Å²) in [5.41, 5.74) is 1.51. The Kier molecular flexibility index (Phi) is 15.1. The van der Waals surface area contributed by atoms with E-state index >= 15 is 0 Å². The molecule has 12 aliphatic rings. The topological polar surface area (TPSA) is 230 Å². The van der Waals surface area contributed by atoms with Crippen LogP contribution in [-0.4, -0.2) is 147 Å². The summed E-state index contributed by atoms with van der Waals surface area (Å²) in [7, 11) is 10.7. The van der Waals surface area contributed by atoms with Gasteiger partial charge < -0.3 is 77.8 Å². The van der Waals surface area contributed by atoms with Crippen LogP contribution in [0.25, 0.3) is 0 Å². The molecule has 2 unspecified atom stereocenters. The minimum atomic E-state index is -1.01. The van der Waals surface area contributed by atoms with Gasteiger partial charge in [0.15, 0.2) is 46.7 Å². The molecule has 3 fully saturated rings. The van der Waals surface area contributed by atoms with Crippen molar-refractivity contribution in [3.63, 3.8) is 0 Å². The number of aliphatic hydroxyl groups is 3. The summed E-state index contributed by atoms with van der Waals surface area (Å²) in [5.74, 6) is 3.39. The van der Waals surface area contributed by atoms with Crippen LogP contribution in [-0.2, 0) is 59.4 Å². The van der Waals surface area contributed by atoms with E-state index in [4.69, 9.17) is 32.7 Å². The van der Waals surface area contributed by atoms with Gasteiger partial charge in [0.05, 0.1) is 52.0 Å². The summed E-state index contributed by atoms with van der Waals surface area (Å²) < 4.78 is 40.4. The molecule has 0 saturated carbocycles. The minimum absolute atomic E-state index is 0. The lowest BCUT2D eigenvalue weighted by Crippen LogP contribution is -2.74. The van der Waals surface area contributed by atoms with E-state index in [0.717, 1.165) is 67.6 Å². The highest BCUT2D eigenvalue weighted by Gasteiger charge is 2.74. The van der Waals surface area contributed by atoms with Crippen LogP contribution < -0.4 is 28.4 Å². The Morgan fingerprint density at radius 2 is 0.901 bits per heavy atom. The minimum Gasteiger partial charge on any atom is -0.873 e. The fourth-order valence-corrected chi connectivity index (χ4v) is 17.1. The zero-order valence-electron chi connectivity index (χ0n) is 46.9. The summed E-state index contributed by atoms with van der Waals surface area (Å²) in [6, 6.07) is 11.5. The second-order valence-corrected chi connectivity index (χ2v) is 24.1. The van der Waals surface area contributed by atoms with Crippen molar-refractivity contribution in [2.75, 3.05) is 40.8 Å². The molecule has 4 N–H and O–H groups in total. The van der Waals surface area contributed by atoms with Crippen molar-refractivity contribution in [1.29, 1.82) is 0 Å². The third-order valence-corrected chi connectivity index (χ3v) is 20.3. The normalized spacial score (nSPS) is 35.3. The van der Waals surface area contributed by atoms with Crippen LogP contribution in [0.2, 0.25) is 0 Å². The van der Waals surface area contributed by atoms with Gasteiger partial charge in [-0.05, 0) is 147 Å². The number of Topliss-reactive ketones (excluding diaryl/α,β-unsaturated/α-hetero) is 1. The van der Waals surface area contributed by atoms with E-state index in [9.17, 15) is 39.9 Å². The van der Waals surface area contributed by atoms with Gasteiger partial charge in [-0.3, -0.25) is 9.59 Å². The standard InChI is InChI=1S/C19H22NO5P.C19H21NO5.C17H20NO4P.C3H6O.C2H6.CH4/c1-10(21)23-13-5-6-19(22)14-9-11-3-4-12(25-26)16-15(11)18(19,17(13)24-16)7-8-20(14)2;1-10(21)24-13-5-6-19(23)14-9-11-3-4-12(22)16-15(11)18(19,17(13)25-16)7-8-20(14)2;1-18-7-6-16-13-9-2-3-11(22-23)14(13)21-15(16)10(19)4-5-17(16,20)12(18)8-9;1-3(2)4;1-2;/h3-5,14,17,22H,6-9,26H2,1-2H3;3-5,14,17,22-23H,6-9H2,1-2H3;2-4,12,15,19-20H,5-8,23H2,1H3;1-2H3;1-2H3;1H4/p-1/t2*14-,17+,18+,19-;12-,15+,16+,17-;;;/m000.../s1. The quantitative estimate of drug-likeness (QED) is 0.182. The average molecular weight is 1160 g/mol. The molecule has 20 heteroatoms. The first-order valence-electron chi connectivity index (χ1n) is 27.9. The predicted molar refractivity (Wildman–Crippen MR) is 305 cm³/mol. The first-order chi connectivity index (χ1) is 38.1. The first kappa shape index (κ1) is 58.9. The Balaban J connectivity index is 0.000000129. The van der Waals surface area contributed by atoms with Gasteiger partial charge in [-0.2, -0.15) is 0 Å². The smallest absolute Gasteiger partial charge is 0.307 e. The number of likely N-dealkylation sites (tertiary alicyclic amines) is 3. The van der Waals surface area contributed by atoms with E-state index < -0.39 is 57.3 Å². The lowest BCUT2D eigenvalue weighted by molar-refractivity contribution is -0.331. The van der Waals surface area contributed by atoms with Crippen LogP contribution in [0, 0.1) is 0 Å². The first-order valence-corrected chi connectivity index (χ1v) is 28.8. The summed E-state index contributed by atoms with van der Waals surface area (Å²) in [6.45, 7) is 12.3. The van der Waals surface area contributed by atoms with Gasteiger partial charge in [-0.1, -0.05) is 51.3 Å². The molecule has 0 aromatic heterocycles. The van der Waals surface area contributed by atoms with Gasteiger partial charge in [-0.25, -0.2) is 0 Å². The SMILES string of the molecule is C.CC.CC(=O)OC1=CC[C@]2(O)[C@@H]3Cc4ccc(O)c5c4[C@]2(CCN3C)[C@@H]1O5.CC(=O)OC1=CC[C@]2(O)[C@@H]3Cc4ccc(OP)c5c4[C@]2(CCN3C)[C@@H]1O5.CC(C)=O.CN1CC[C@@]23c4c5ccc(OP)c4O[C@@H]2C([O-])=CC[C@]3(O)[C@@H]1C5. The van der Waals surface area contributed by atoms with Crippen molar-refractivity contribution >= 4 is 36.7 Å². The molecule has 6 aliphatic heterocycles. The third kappa shape index (κ3) is 7.96. The third-order valence-electron chi connectivity index (χ3n) is 19.8. The Morgan fingerprint density at radius 3 is 1.28 bits per heavy atom. The number of carbonyl (C=O) groups is 3. The Bertz CT molecular complexity index is 3180. The van der Waals surface area contributed by atoms with Crippen molar-refractivity contribution in [1.82, 2.24) is 14.7 Å². The molecule has 6 aliphatic carbocycles. The van der Waals surface area contributed by atoms with Crippen molar-refractivity contribution in [2.45, 2.75) is 176 Å².